The molecule has 4 aromatic rings. The molecule has 33 heavy (non-hydrogen) atoms. The maximum atomic E-state index is 13.1. The first-order valence-electron chi connectivity index (χ1n) is 11.7. The molecule has 0 heterocycles. The number of phenols is 1. The minimum absolute atomic E-state index is 0.293. The van der Waals surface area contributed by atoms with Crippen LogP contribution in [0.2, 0.25) is 0 Å². The number of hydrogen-bond donors (Lipinski definition) is 1. The summed E-state index contributed by atoms with van der Waals surface area (Å²) in [5.41, 5.74) is 3.08. The Morgan fingerprint density at radius 1 is 0.939 bits per heavy atom. The summed E-state index contributed by atoms with van der Waals surface area (Å²) in [5.74, 6) is 2.48. The zero-order valence-electron chi connectivity index (χ0n) is 18.8. The Kier molecular flexibility index (Phi) is 4.58. The fourth-order valence-electron chi connectivity index (χ4n) is 6.00. The van der Waals surface area contributed by atoms with Gasteiger partial charge in [-0.1, -0.05) is 62.4 Å². The van der Waals surface area contributed by atoms with Crippen molar-refractivity contribution in [3.05, 3.63) is 77.4 Å². The van der Waals surface area contributed by atoms with Gasteiger partial charge in [0.05, 0.1) is 0 Å². The van der Waals surface area contributed by atoms with Crippen LogP contribution in [0, 0.1) is 5.92 Å². The van der Waals surface area contributed by atoms with Gasteiger partial charge >= 0.3 is 6.16 Å². The Morgan fingerprint density at radius 2 is 1.76 bits per heavy atom. The van der Waals surface area contributed by atoms with Crippen molar-refractivity contribution in [2.45, 2.75) is 44.9 Å². The monoisotopic (exact) mass is 438 g/mol. The molecule has 166 valence electrons. The molecule has 1 saturated carbocycles. The van der Waals surface area contributed by atoms with E-state index in [1.165, 1.54) is 0 Å². The van der Waals surface area contributed by atoms with E-state index in [9.17, 15) is 9.90 Å². The van der Waals surface area contributed by atoms with Gasteiger partial charge < -0.3 is 14.6 Å². The van der Waals surface area contributed by atoms with E-state index >= 15 is 0 Å². The lowest BCUT2D eigenvalue weighted by atomic mass is 9.81. The van der Waals surface area contributed by atoms with E-state index in [4.69, 9.17) is 9.47 Å². The summed E-state index contributed by atoms with van der Waals surface area (Å²) in [6.45, 7) is 4.33. The molecule has 0 amide bonds. The minimum atomic E-state index is -0.752. The van der Waals surface area contributed by atoms with E-state index in [0.29, 0.717) is 35.0 Å². The van der Waals surface area contributed by atoms with Crippen molar-refractivity contribution in [2.24, 2.45) is 5.92 Å². The standard InChI is InChI=1S/C29H26O4/c1-3-17-11-12-21-23(14-17)28(25-19-13-16(2)22(15-19)26(25)27(21)30)33-29(31)32-24-10-6-8-18-7-4-5-9-20(18)24/h4-12,14,16,19,22,30H,3,13,15H2,1-2H3. The van der Waals surface area contributed by atoms with Crippen LogP contribution in [-0.2, 0) is 6.42 Å². The zero-order valence-corrected chi connectivity index (χ0v) is 18.8. The summed E-state index contributed by atoms with van der Waals surface area (Å²) < 4.78 is 11.7. The highest BCUT2D eigenvalue weighted by Crippen LogP contribution is 2.62. The number of carbonyl (C=O) groups is 1. The fourth-order valence-corrected chi connectivity index (χ4v) is 6.00. The number of ether oxygens (including phenoxy) is 2. The molecule has 1 N–H and O–H groups in total. The first-order valence-corrected chi connectivity index (χ1v) is 11.7. The number of rotatable bonds is 3. The number of hydrogen-bond acceptors (Lipinski definition) is 4. The second-order valence-electron chi connectivity index (χ2n) is 9.42. The fraction of sp³-hybridized carbons (Fsp3) is 0.276. The third kappa shape index (κ3) is 3.08. The van der Waals surface area contributed by atoms with Crippen molar-refractivity contribution in [1.29, 1.82) is 0 Å². The summed E-state index contributed by atoms with van der Waals surface area (Å²) >= 11 is 0. The van der Waals surface area contributed by atoms with E-state index in [1.807, 2.05) is 54.6 Å². The molecule has 3 atom stereocenters. The van der Waals surface area contributed by atoms with Crippen molar-refractivity contribution in [2.75, 3.05) is 0 Å². The molecular formula is C29H26O4. The van der Waals surface area contributed by atoms with Gasteiger partial charge in [0.25, 0.3) is 0 Å². The molecular weight excluding hydrogens is 412 g/mol. The first kappa shape index (κ1) is 20.1. The number of fused-ring (bicyclic) bond motifs is 7. The third-order valence-electron chi connectivity index (χ3n) is 7.57. The Balaban J connectivity index is 1.46. The number of aromatic hydroxyl groups is 1. The topological polar surface area (TPSA) is 55.8 Å². The van der Waals surface area contributed by atoms with Crippen molar-refractivity contribution in [3.8, 4) is 17.2 Å². The van der Waals surface area contributed by atoms with Crippen LogP contribution < -0.4 is 9.47 Å². The van der Waals surface area contributed by atoms with Gasteiger partial charge in [-0.2, -0.15) is 0 Å². The molecule has 4 heteroatoms. The Hall–Kier alpha value is -3.53. The molecule has 4 aromatic carbocycles. The van der Waals surface area contributed by atoms with Crippen LogP contribution >= 0.6 is 0 Å². The SMILES string of the molecule is CCc1ccc2c(O)c3c(c(OC(=O)Oc4cccc5ccccc45)c2c1)C1CC(C)C3C1. The summed E-state index contributed by atoms with van der Waals surface area (Å²) in [6, 6.07) is 19.4. The van der Waals surface area contributed by atoms with Crippen molar-refractivity contribution >= 4 is 27.7 Å². The zero-order chi connectivity index (χ0) is 22.7. The highest BCUT2D eigenvalue weighted by molar-refractivity contribution is 5.98. The summed E-state index contributed by atoms with van der Waals surface area (Å²) in [4.78, 5) is 13.1. The van der Waals surface area contributed by atoms with E-state index in [0.717, 1.165) is 57.5 Å². The predicted molar refractivity (Wildman–Crippen MR) is 129 cm³/mol. The van der Waals surface area contributed by atoms with Gasteiger partial charge in [0.15, 0.2) is 0 Å². The highest BCUT2D eigenvalue weighted by Gasteiger charge is 2.46. The van der Waals surface area contributed by atoms with Crippen LogP contribution in [0.3, 0.4) is 0 Å². The van der Waals surface area contributed by atoms with Crippen LogP contribution in [0.5, 0.6) is 17.2 Å². The molecule has 3 unspecified atom stereocenters. The van der Waals surface area contributed by atoms with Gasteiger partial charge in [-0.25, -0.2) is 4.79 Å². The molecule has 0 saturated heterocycles. The normalized spacial score (nSPS) is 20.8. The third-order valence-corrected chi connectivity index (χ3v) is 7.57. The van der Waals surface area contributed by atoms with Crippen LogP contribution in [0.1, 0.15) is 55.2 Å². The average molecular weight is 439 g/mol. The molecule has 2 aliphatic carbocycles. The number of aryl methyl sites for hydroxylation is 1. The van der Waals surface area contributed by atoms with Crippen LogP contribution in [0.25, 0.3) is 21.5 Å². The quantitative estimate of drug-likeness (QED) is 0.267. The summed E-state index contributed by atoms with van der Waals surface area (Å²) in [6.07, 6.45) is 2.15. The number of carbonyl (C=O) groups excluding carboxylic acids is 1. The average Bonchev–Trinajstić information content (AvgIpc) is 3.39. The molecule has 4 nitrogen and oxygen atoms in total. The molecule has 6 rings (SSSR count). The molecule has 0 aromatic heterocycles. The smallest absolute Gasteiger partial charge is 0.507 e. The van der Waals surface area contributed by atoms with Gasteiger partial charge in [-0.05, 0) is 60.1 Å². The van der Waals surface area contributed by atoms with E-state index in [2.05, 4.69) is 13.8 Å². The Labute approximate surface area is 192 Å². The van der Waals surface area contributed by atoms with E-state index < -0.39 is 6.16 Å². The minimum Gasteiger partial charge on any atom is -0.507 e. The lowest BCUT2D eigenvalue weighted by Crippen LogP contribution is -2.17. The Bertz CT molecular complexity index is 1420. The van der Waals surface area contributed by atoms with Crippen molar-refractivity contribution < 1.29 is 19.4 Å². The predicted octanol–water partition coefficient (Wildman–Crippen LogP) is 7.45. The van der Waals surface area contributed by atoms with Crippen molar-refractivity contribution in [1.82, 2.24) is 0 Å². The van der Waals surface area contributed by atoms with Gasteiger partial charge in [0, 0.05) is 27.3 Å². The highest BCUT2D eigenvalue weighted by atomic mass is 16.7. The van der Waals surface area contributed by atoms with Crippen LogP contribution in [0.4, 0.5) is 4.79 Å². The van der Waals surface area contributed by atoms with E-state index in [-0.39, 0.29) is 0 Å². The summed E-state index contributed by atoms with van der Waals surface area (Å²) in [5, 5.41) is 14.6. The molecule has 2 bridgehead atoms. The van der Waals surface area contributed by atoms with Crippen molar-refractivity contribution in [3.63, 3.8) is 0 Å². The van der Waals surface area contributed by atoms with Crippen LogP contribution in [0.15, 0.2) is 60.7 Å². The molecule has 1 fully saturated rings. The van der Waals surface area contributed by atoms with Gasteiger partial charge in [0.1, 0.15) is 17.2 Å². The summed E-state index contributed by atoms with van der Waals surface area (Å²) in [7, 11) is 0. The van der Waals surface area contributed by atoms with Gasteiger partial charge in [-0.15, -0.1) is 0 Å². The lowest BCUT2D eigenvalue weighted by molar-refractivity contribution is 0.152. The molecule has 0 spiro atoms. The van der Waals surface area contributed by atoms with E-state index in [1.54, 1.807) is 6.07 Å². The largest absolute Gasteiger partial charge is 0.519 e. The maximum absolute atomic E-state index is 13.1. The lowest BCUT2D eigenvalue weighted by Gasteiger charge is -2.26. The number of phenolic OH excluding ortho intramolecular Hbond substituents is 1. The molecule has 0 radical (unpaired) electrons. The molecule has 2 aliphatic rings. The number of benzene rings is 4. The van der Waals surface area contributed by atoms with Crippen LogP contribution in [-0.4, -0.2) is 11.3 Å². The second kappa shape index (κ2) is 7.51. The van der Waals surface area contributed by atoms with Gasteiger partial charge in [0.2, 0.25) is 0 Å². The molecule has 0 aliphatic heterocycles. The first-order chi connectivity index (χ1) is 16.0. The second-order valence-corrected chi connectivity index (χ2v) is 9.42. The maximum Gasteiger partial charge on any atom is 0.519 e. The van der Waals surface area contributed by atoms with Gasteiger partial charge in [-0.3, -0.25) is 0 Å². The Morgan fingerprint density at radius 3 is 2.61 bits per heavy atom.